The maximum atomic E-state index is 5.16. The van der Waals surface area contributed by atoms with E-state index >= 15 is 0 Å². The molecule has 100 valence electrons. The van der Waals surface area contributed by atoms with Gasteiger partial charge in [0.2, 0.25) is 0 Å². The van der Waals surface area contributed by atoms with Gasteiger partial charge in [-0.2, -0.15) is 0 Å². The molecule has 0 aromatic heterocycles. The van der Waals surface area contributed by atoms with E-state index in [1.807, 2.05) is 18.2 Å². The second kappa shape index (κ2) is 6.83. The van der Waals surface area contributed by atoms with Gasteiger partial charge in [-0.1, -0.05) is 30.3 Å². The Bertz CT molecular complexity index is 478. The van der Waals surface area contributed by atoms with Crippen LogP contribution in [-0.2, 0) is 6.42 Å². The molecule has 1 N–H and O–H groups in total. The molecule has 19 heavy (non-hydrogen) atoms. The topological polar surface area (TPSA) is 21.3 Å². The van der Waals surface area contributed by atoms with Crippen molar-refractivity contribution in [1.29, 1.82) is 0 Å². The van der Waals surface area contributed by atoms with Crippen molar-refractivity contribution in [1.82, 2.24) is 0 Å². The molecule has 2 aromatic rings. The summed E-state index contributed by atoms with van der Waals surface area (Å²) >= 11 is 0. The van der Waals surface area contributed by atoms with Gasteiger partial charge in [0.25, 0.3) is 0 Å². The fraction of sp³-hybridized carbons (Fsp3) is 0.294. The van der Waals surface area contributed by atoms with Gasteiger partial charge in [0, 0.05) is 11.7 Å². The molecule has 0 amide bonds. The standard InChI is InChI=1S/C17H21NO/c1-14(18-16-6-4-3-5-7-16)8-9-15-10-12-17(19-2)13-11-15/h3-7,10-14,18H,8-9H2,1-2H3. The summed E-state index contributed by atoms with van der Waals surface area (Å²) in [5.74, 6) is 0.916. The van der Waals surface area contributed by atoms with E-state index < -0.39 is 0 Å². The molecule has 0 fully saturated rings. The smallest absolute Gasteiger partial charge is 0.118 e. The van der Waals surface area contributed by atoms with Gasteiger partial charge < -0.3 is 10.1 Å². The zero-order valence-electron chi connectivity index (χ0n) is 11.6. The third kappa shape index (κ3) is 4.32. The number of nitrogens with one attached hydrogen (secondary N) is 1. The summed E-state index contributed by atoms with van der Waals surface area (Å²) in [6.45, 7) is 2.22. The van der Waals surface area contributed by atoms with Gasteiger partial charge in [-0.3, -0.25) is 0 Å². The zero-order valence-corrected chi connectivity index (χ0v) is 11.6. The van der Waals surface area contributed by atoms with Crippen LogP contribution in [0.5, 0.6) is 5.75 Å². The van der Waals surface area contributed by atoms with Crippen molar-refractivity contribution >= 4 is 5.69 Å². The van der Waals surface area contributed by atoms with Gasteiger partial charge in [-0.25, -0.2) is 0 Å². The Morgan fingerprint density at radius 1 is 1.00 bits per heavy atom. The van der Waals surface area contributed by atoms with Crippen LogP contribution in [0.15, 0.2) is 54.6 Å². The van der Waals surface area contributed by atoms with Crippen molar-refractivity contribution in [3.8, 4) is 5.75 Å². The summed E-state index contributed by atoms with van der Waals surface area (Å²) < 4.78 is 5.16. The number of benzene rings is 2. The lowest BCUT2D eigenvalue weighted by molar-refractivity contribution is 0.414. The molecule has 1 unspecified atom stereocenters. The summed E-state index contributed by atoms with van der Waals surface area (Å²) in [5, 5.41) is 3.51. The Morgan fingerprint density at radius 3 is 2.32 bits per heavy atom. The third-order valence-corrected chi connectivity index (χ3v) is 3.21. The van der Waals surface area contributed by atoms with Gasteiger partial charge in [0.1, 0.15) is 5.75 Å². The maximum absolute atomic E-state index is 5.16. The van der Waals surface area contributed by atoms with Gasteiger partial charge in [-0.15, -0.1) is 0 Å². The molecule has 0 saturated carbocycles. The lowest BCUT2D eigenvalue weighted by Gasteiger charge is -2.15. The first-order valence-corrected chi connectivity index (χ1v) is 6.72. The van der Waals surface area contributed by atoms with Crippen LogP contribution in [0.2, 0.25) is 0 Å². The van der Waals surface area contributed by atoms with Crippen LogP contribution < -0.4 is 10.1 Å². The van der Waals surface area contributed by atoms with Gasteiger partial charge in [0.15, 0.2) is 0 Å². The maximum Gasteiger partial charge on any atom is 0.118 e. The Kier molecular flexibility index (Phi) is 4.85. The van der Waals surface area contributed by atoms with Gasteiger partial charge >= 0.3 is 0 Å². The van der Waals surface area contributed by atoms with Crippen LogP contribution in [0.1, 0.15) is 18.9 Å². The minimum atomic E-state index is 0.463. The molecule has 0 aliphatic carbocycles. The van der Waals surface area contributed by atoms with E-state index in [0.29, 0.717) is 6.04 Å². The van der Waals surface area contributed by atoms with Crippen molar-refractivity contribution < 1.29 is 4.74 Å². The van der Waals surface area contributed by atoms with E-state index in [-0.39, 0.29) is 0 Å². The van der Waals surface area contributed by atoms with Crippen molar-refractivity contribution in [2.75, 3.05) is 12.4 Å². The number of methoxy groups -OCH3 is 1. The van der Waals surface area contributed by atoms with E-state index in [4.69, 9.17) is 4.74 Å². The first-order chi connectivity index (χ1) is 9.28. The Labute approximate surface area is 115 Å². The van der Waals surface area contributed by atoms with Gasteiger partial charge in [0.05, 0.1) is 7.11 Å². The third-order valence-electron chi connectivity index (χ3n) is 3.21. The molecular weight excluding hydrogens is 234 g/mol. The van der Waals surface area contributed by atoms with Crippen molar-refractivity contribution in [3.63, 3.8) is 0 Å². The first-order valence-electron chi connectivity index (χ1n) is 6.72. The summed E-state index contributed by atoms with van der Waals surface area (Å²) in [5.41, 5.74) is 2.53. The Balaban J connectivity index is 1.81. The number of hydrogen-bond acceptors (Lipinski definition) is 2. The molecule has 0 aliphatic rings. The van der Waals surface area contributed by atoms with Crippen LogP contribution in [-0.4, -0.2) is 13.2 Å². The number of anilines is 1. The largest absolute Gasteiger partial charge is 0.497 e. The molecule has 2 nitrogen and oxygen atoms in total. The van der Waals surface area contributed by atoms with Gasteiger partial charge in [-0.05, 0) is 49.6 Å². The summed E-state index contributed by atoms with van der Waals surface area (Å²) in [7, 11) is 1.70. The molecule has 0 saturated heterocycles. The molecule has 0 heterocycles. The highest BCUT2D eigenvalue weighted by Gasteiger charge is 2.02. The zero-order chi connectivity index (χ0) is 13.5. The number of hydrogen-bond donors (Lipinski definition) is 1. The summed E-state index contributed by atoms with van der Waals surface area (Å²) in [6, 6.07) is 19.1. The Morgan fingerprint density at radius 2 is 1.68 bits per heavy atom. The fourth-order valence-electron chi connectivity index (χ4n) is 2.07. The second-order valence-corrected chi connectivity index (χ2v) is 4.80. The first kappa shape index (κ1) is 13.5. The number of rotatable bonds is 6. The number of para-hydroxylation sites is 1. The van der Waals surface area contributed by atoms with Crippen molar-refractivity contribution in [2.45, 2.75) is 25.8 Å². The van der Waals surface area contributed by atoms with Crippen molar-refractivity contribution in [3.05, 3.63) is 60.2 Å². The van der Waals surface area contributed by atoms with E-state index in [2.05, 4.69) is 48.6 Å². The molecule has 2 aromatic carbocycles. The molecule has 2 rings (SSSR count). The molecule has 0 aliphatic heterocycles. The Hall–Kier alpha value is -1.96. The van der Waals surface area contributed by atoms with E-state index in [1.54, 1.807) is 7.11 Å². The minimum absolute atomic E-state index is 0.463. The predicted octanol–water partition coefficient (Wildman–Crippen LogP) is 4.13. The quantitative estimate of drug-likeness (QED) is 0.838. The highest BCUT2D eigenvalue weighted by molar-refractivity contribution is 5.43. The monoisotopic (exact) mass is 255 g/mol. The summed E-state index contributed by atoms with van der Waals surface area (Å²) in [6.07, 6.45) is 2.19. The predicted molar refractivity (Wildman–Crippen MR) is 80.8 cm³/mol. The lowest BCUT2D eigenvalue weighted by Crippen LogP contribution is -2.15. The molecule has 1 atom stereocenters. The lowest BCUT2D eigenvalue weighted by atomic mass is 10.1. The van der Waals surface area contributed by atoms with Crippen LogP contribution in [0.25, 0.3) is 0 Å². The van der Waals surface area contributed by atoms with E-state index in [1.165, 1.54) is 11.3 Å². The fourth-order valence-corrected chi connectivity index (χ4v) is 2.07. The van der Waals surface area contributed by atoms with Crippen LogP contribution in [0.3, 0.4) is 0 Å². The second-order valence-electron chi connectivity index (χ2n) is 4.80. The molecule has 0 radical (unpaired) electrons. The van der Waals surface area contributed by atoms with Crippen LogP contribution in [0.4, 0.5) is 5.69 Å². The van der Waals surface area contributed by atoms with Crippen LogP contribution >= 0.6 is 0 Å². The normalized spacial score (nSPS) is 11.9. The van der Waals surface area contributed by atoms with Crippen molar-refractivity contribution in [2.24, 2.45) is 0 Å². The minimum Gasteiger partial charge on any atom is -0.497 e. The van der Waals surface area contributed by atoms with E-state index in [0.717, 1.165) is 18.6 Å². The number of ether oxygens (including phenoxy) is 1. The average Bonchev–Trinajstić information content (AvgIpc) is 2.47. The molecule has 0 spiro atoms. The highest BCUT2D eigenvalue weighted by atomic mass is 16.5. The highest BCUT2D eigenvalue weighted by Crippen LogP contribution is 2.14. The molecule has 2 heteroatoms. The molecular formula is C17H21NO. The van der Waals surface area contributed by atoms with E-state index in [9.17, 15) is 0 Å². The average molecular weight is 255 g/mol. The summed E-state index contributed by atoms with van der Waals surface area (Å²) in [4.78, 5) is 0. The van der Waals surface area contributed by atoms with Crippen LogP contribution in [0, 0.1) is 0 Å². The molecule has 0 bridgehead atoms. The number of aryl methyl sites for hydroxylation is 1. The SMILES string of the molecule is COc1ccc(CCC(C)Nc2ccccc2)cc1.